The summed E-state index contributed by atoms with van der Waals surface area (Å²) in [7, 11) is 0. The monoisotopic (exact) mass is 254 g/mol. The lowest BCUT2D eigenvalue weighted by atomic mass is 9.99. The SMILES string of the molecule is Nc1ncccc1CC1CCC(Br)C1. The summed E-state index contributed by atoms with van der Waals surface area (Å²) in [6.07, 6.45) is 6.71. The van der Waals surface area contributed by atoms with Gasteiger partial charge in [0.25, 0.3) is 0 Å². The molecule has 1 aliphatic carbocycles. The van der Waals surface area contributed by atoms with Gasteiger partial charge < -0.3 is 5.73 Å². The first-order valence-electron chi connectivity index (χ1n) is 5.09. The van der Waals surface area contributed by atoms with Gasteiger partial charge in [0, 0.05) is 11.0 Å². The molecular formula is C11H15BrN2. The molecule has 0 radical (unpaired) electrons. The van der Waals surface area contributed by atoms with Crippen LogP contribution in [0.1, 0.15) is 24.8 Å². The number of hydrogen-bond acceptors (Lipinski definition) is 2. The van der Waals surface area contributed by atoms with E-state index in [4.69, 9.17) is 5.73 Å². The summed E-state index contributed by atoms with van der Waals surface area (Å²) < 4.78 is 0. The van der Waals surface area contributed by atoms with Crippen molar-refractivity contribution in [2.75, 3.05) is 5.73 Å². The number of halogens is 1. The van der Waals surface area contributed by atoms with E-state index in [1.54, 1.807) is 6.20 Å². The number of pyridine rings is 1. The molecule has 2 unspecified atom stereocenters. The number of nitrogens with zero attached hydrogens (tertiary/aromatic N) is 1. The Balaban J connectivity index is 2.01. The van der Waals surface area contributed by atoms with Crippen molar-refractivity contribution in [1.29, 1.82) is 0 Å². The minimum atomic E-state index is 0.700. The maximum Gasteiger partial charge on any atom is 0.126 e. The third-order valence-electron chi connectivity index (χ3n) is 2.91. The Hall–Kier alpha value is -0.570. The molecule has 0 amide bonds. The summed E-state index contributed by atoms with van der Waals surface area (Å²) in [6, 6.07) is 4.05. The second-order valence-electron chi connectivity index (χ2n) is 4.03. The highest BCUT2D eigenvalue weighted by Gasteiger charge is 2.23. The normalized spacial score (nSPS) is 26.6. The van der Waals surface area contributed by atoms with Crippen LogP contribution in [0.2, 0.25) is 0 Å². The fourth-order valence-corrected chi connectivity index (χ4v) is 2.93. The van der Waals surface area contributed by atoms with Crippen molar-refractivity contribution in [3.63, 3.8) is 0 Å². The zero-order chi connectivity index (χ0) is 9.97. The summed E-state index contributed by atoms with van der Waals surface area (Å²) in [4.78, 5) is 4.82. The van der Waals surface area contributed by atoms with E-state index < -0.39 is 0 Å². The van der Waals surface area contributed by atoms with Gasteiger partial charge in [0.2, 0.25) is 0 Å². The smallest absolute Gasteiger partial charge is 0.126 e. The summed E-state index contributed by atoms with van der Waals surface area (Å²) in [5.74, 6) is 1.48. The van der Waals surface area contributed by atoms with Gasteiger partial charge in [-0.15, -0.1) is 0 Å². The highest BCUT2D eigenvalue weighted by Crippen LogP contribution is 2.33. The van der Waals surface area contributed by atoms with Crippen molar-refractivity contribution in [2.45, 2.75) is 30.5 Å². The van der Waals surface area contributed by atoms with Crippen molar-refractivity contribution in [1.82, 2.24) is 4.98 Å². The molecule has 1 aliphatic rings. The average molecular weight is 255 g/mol. The van der Waals surface area contributed by atoms with Crippen LogP contribution in [0.25, 0.3) is 0 Å². The molecule has 76 valence electrons. The molecule has 14 heavy (non-hydrogen) atoms. The number of nitrogens with two attached hydrogens (primary N) is 1. The zero-order valence-electron chi connectivity index (χ0n) is 8.12. The first kappa shape index (κ1) is 9.97. The molecule has 1 saturated carbocycles. The van der Waals surface area contributed by atoms with E-state index in [0.29, 0.717) is 10.6 Å². The molecule has 0 saturated heterocycles. The average Bonchev–Trinajstić information content (AvgIpc) is 2.56. The number of hydrogen-bond donors (Lipinski definition) is 1. The van der Waals surface area contributed by atoms with E-state index in [2.05, 4.69) is 27.0 Å². The quantitative estimate of drug-likeness (QED) is 0.825. The molecule has 0 bridgehead atoms. The molecule has 0 aromatic carbocycles. The van der Waals surface area contributed by atoms with Crippen LogP contribution < -0.4 is 5.73 Å². The van der Waals surface area contributed by atoms with Crippen LogP contribution in [-0.2, 0) is 6.42 Å². The lowest BCUT2D eigenvalue weighted by molar-refractivity contribution is 0.548. The van der Waals surface area contributed by atoms with Crippen molar-refractivity contribution in [3.8, 4) is 0 Å². The van der Waals surface area contributed by atoms with E-state index in [-0.39, 0.29) is 0 Å². The second kappa shape index (κ2) is 4.30. The second-order valence-corrected chi connectivity index (χ2v) is 5.32. The van der Waals surface area contributed by atoms with Gasteiger partial charge in [-0.1, -0.05) is 22.0 Å². The van der Waals surface area contributed by atoms with Crippen molar-refractivity contribution >= 4 is 21.7 Å². The summed E-state index contributed by atoms with van der Waals surface area (Å²) in [6.45, 7) is 0. The minimum absolute atomic E-state index is 0.700. The standard InChI is InChI=1S/C11H15BrN2/c12-10-4-3-8(7-10)6-9-2-1-5-14-11(9)13/h1-2,5,8,10H,3-4,6-7H2,(H2,13,14). The zero-order valence-corrected chi connectivity index (χ0v) is 9.70. The molecule has 1 aromatic heterocycles. The Morgan fingerprint density at radius 3 is 3.00 bits per heavy atom. The molecule has 3 heteroatoms. The van der Waals surface area contributed by atoms with Gasteiger partial charge in [-0.25, -0.2) is 4.98 Å². The Kier molecular flexibility index (Phi) is 3.06. The molecule has 2 N–H and O–H groups in total. The van der Waals surface area contributed by atoms with Crippen molar-refractivity contribution in [3.05, 3.63) is 23.9 Å². The molecule has 2 atom stereocenters. The molecule has 1 fully saturated rings. The lowest BCUT2D eigenvalue weighted by Gasteiger charge is -2.10. The fourth-order valence-electron chi connectivity index (χ4n) is 2.13. The molecule has 0 aliphatic heterocycles. The first-order valence-corrected chi connectivity index (χ1v) is 6.00. The van der Waals surface area contributed by atoms with E-state index in [0.717, 1.165) is 12.3 Å². The van der Waals surface area contributed by atoms with Crippen LogP contribution in [0.4, 0.5) is 5.82 Å². The number of aromatic nitrogens is 1. The summed E-state index contributed by atoms with van der Waals surface area (Å²) in [5.41, 5.74) is 7.02. The molecule has 0 spiro atoms. The fraction of sp³-hybridized carbons (Fsp3) is 0.545. The van der Waals surface area contributed by atoms with Crippen molar-refractivity contribution < 1.29 is 0 Å². The Morgan fingerprint density at radius 1 is 1.50 bits per heavy atom. The van der Waals surface area contributed by atoms with E-state index in [1.807, 2.05) is 6.07 Å². The topological polar surface area (TPSA) is 38.9 Å². The minimum Gasteiger partial charge on any atom is -0.383 e. The predicted octanol–water partition coefficient (Wildman–Crippen LogP) is 2.77. The van der Waals surface area contributed by atoms with Gasteiger partial charge in [0.1, 0.15) is 5.82 Å². The van der Waals surface area contributed by atoms with Crippen LogP contribution in [-0.4, -0.2) is 9.81 Å². The maximum absolute atomic E-state index is 5.81. The lowest BCUT2D eigenvalue weighted by Crippen LogP contribution is -2.04. The molecule has 1 aromatic rings. The van der Waals surface area contributed by atoms with Gasteiger partial charge in [-0.2, -0.15) is 0 Å². The van der Waals surface area contributed by atoms with E-state index >= 15 is 0 Å². The number of anilines is 1. The first-order chi connectivity index (χ1) is 6.75. The molecular weight excluding hydrogens is 240 g/mol. The number of rotatable bonds is 2. The third kappa shape index (κ3) is 2.27. The predicted molar refractivity (Wildman–Crippen MR) is 62.4 cm³/mol. The van der Waals surface area contributed by atoms with Crippen LogP contribution >= 0.6 is 15.9 Å². The van der Waals surface area contributed by atoms with Gasteiger partial charge in [-0.05, 0) is 43.2 Å². The number of alkyl halides is 1. The van der Waals surface area contributed by atoms with Gasteiger partial charge >= 0.3 is 0 Å². The van der Waals surface area contributed by atoms with Crippen LogP contribution in [0.5, 0.6) is 0 Å². The molecule has 1 heterocycles. The van der Waals surface area contributed by atoms with Crippen LogP contribution in [0, 0.1) is 5.92 Å². The Labute approximate surface area is 93.0 Å². The van der Waals surface area contributed by atoms with Crippen LogP contribution in [0.15, 0.2) is 18.3 Å². The highest BCUT2D eigenvalue weighted by molar-refractivity contribution is 9.09. The molecule has 2 nitrogen and oxygen atoms in total. The summed E-state index contributed by atoms with van der Waals surface area (Å²) in [5, 5.41) is 0. The summed E-state index contributed by atoms with van der Waals surface area (Å²) >= 11 is 3.66. The Bertz CT molecular complexity index is 314. The van der Waals surface area contributed by atoms with Gasteiger partial charge in [-0.3, -0.25) is 0 Å². The van der Waals surface area contributed by atoms with Crippen molar-refractivity contribution in [2.24, 2.45) is 5.92 Å². The van der Waals surface area contributed by atoms with Gasteiger partial charge in [0.05, 0.1) is 0 Å². The largest absolute Gasteiger partial charge is 0.383 e. The number of nitrogen functional groups attached to an aromatic ring is 1. The third-order valence-corrected chi connectivity index (χ3v) is 3.74. The van der Waals surface area contributed by atoms with Gasteiger partial charge in [0.15, 0.2) is 0 Å². The Morgan fingerprint density at radius 2 is 2.36 bits per heavy atom. The maximum atomic E-state index is 5.81. The van der Waals surface area contributed by atoms with E-state index in [1.165, 1.54) is 24.8 Å². The van der Waals surface area contributed by atoms with E-state index in [9.17, 15) is 0 Å². The molecule has 2 rings (SSSR count). The van der Waals surface area contributed by atoms with Crippen LogP contribution in [0.3, 0.4) is 0 Å². The highest BCUT2D eigenvalue weighted by atomic mass is 79.9.